The molecule has 0 spiro atoms. The molecule has 0 unspecified atom stereocenters. The van der Waals surface area contributed by atoms with E-state index in [-0.39, 0.29) is 0 Å². The molecule has 0 saturated carbocycles. The van der Waals surface area contributed by atoms with Crippen molar-refractivity contribution in [2.75, 3.05) is 0 Å². The lowest BCUT2D eigenvalue weighted by Gasteiger charge is -2.13. The first-order chi connectivity index (χ1) is 7.15. The van der Waals surface area contributed by atoms with Gasteiger partial charge < -0.3 is 0 Å². The van der Waals surface area contributed by atoms with E-state index in [1.807, 2.05) is 0 Å². The molecule has 1 N–H and O–H groups in total. The molecule has 0 atom stereocenters. The minimum atomic E-state index is -5.65. The summed E-state index contributed by atoms with van der Waals surface area (Å²) >= 11 is 0. The Hall–Kier alpha value is -1.15. The summed E-state index contributed by atoms with van der Waals surface area (Å²) in [6, 6.07) is 2.45. The van der Waals surface area contributed by atoms with Crippen LogP contribution >= 0.6 is 0 Å². The second kappa shape index (κ2) is 4.02. The van der Waals surface area contributed by atoms with Crippen LogP contribution in [0.25, 0.3) is 0 Å². The first kappa shape index (κ1) is 12.9. The predicted molar refractivity (Wildman–Crippen MR) is 46.6 cm³/mol. The zero-order chi connectivity index (χ0) is 12.6. The lowest BCUT2D eigenvalue weighted by molar-refractivity contribution is 0.0801. The van der Waals surface area contributed by atoms with Gasteiger partial charge in [0.05, 0.1) is 6.42 Å². The summed E-state index contributed by atoms with van der Waals surface area (Å²) in [6.07, 6.45) is -1.63. The van der Waals surface area contributed by atoms with E-state index in [4.69, 9.17) is 4.55 Å². The van der Waals surface area contributed by atoms with E-state index in [1.165, 1.54) is 0 Å². The highest BCUT2D eigenvalue weighted by Crippen LogP contribution is 2.27. The maximum Gasteiger partial charge on any atom is 0.374 e. The second-order valence-electron chi connectivity index (χ2n) is 3.00. The number of halogens is 4. The van der Waals surface area contributed by atoms with Crippen molar-refractivity contribution < 1.29 is 30.5 Å². The Balaban J connectivity index is 3.11. The molecule has 0 fully saturated rings. The molecule has 1 rings (SSSR count). The van der Waals surface area contributed by atoms with Gasteiger partial charge in [-0.3, -0.25) is 4.55 Å². The molecule has 0 aliphatic carbocycles. The van der Waals surface area contributed by atoms with E-state index in [9.17, 15) is 26.0 Å². The monoisotopic (exact) mass is 258 g/mol. The summed E-state index contributed by atoms with van der Waals surface area (Å²) in [5.74, 6) is -2.94. The normalized spacial score (nSPS) is 12.8. The van der Waals surface area contributed by atoms with E-state index in [0.29, 0.717) is 6.07 Å². The summed E-state index contributed by atoms with van der Waals surface area (Å²) < 4.78 is 79.8. The number of hydrogen-bond donors (Lipinski definition) is 1. The summed E-state index contributed by atoms with van der Waals surface area (Å²) in [7, 11) is -5.65. The van der Waals surface area contributed by atoms with Crippen LogP contribution in [0.4, 0.5) is 17.6 Å². The number of alkyl halides is 2. The molecule has 0 saturated heterocycles. The Morgan fingerprint density at radius 2 is 1.81 bits per heavy atom. The Bertz CT molecular complexity index is 498. The first-order valence-corrected chi connectivity index (χ1v) is 5.37. The molecular weight excluding hydrogens is 252 g/mol. The van der Waals surface area contributed by atoms with Gasteiger partial charge in [0.25, 0.3) is 0 Å². The van der Waals surface area contributed by atoms with E-state index in [2.05, 4.69) is 0 Å². The lowest BCUT2D eigenvalue weighted by atomic mass is 10.1. The van der Waals surface area contributed by atoms with Gasteiger partial charge in [-0.25, -0.2) is 8.78 Å². The van der Waals surface area contributed by atoms with Crippen molar-refractivity contribution in [3.8, 4) is 0 Å². The van der Waals surface area contributed by atoms with E-state index in [0.717, 1.165) is 12.1 Å². The summed E-state index contributed by atoms with van der Waals surface area (Å²) in [5.41, 5.74) is -0.831. The van der Waals surface area contributed by atoms with Crippen LogP contribution in [-0.2, 0) is 16.5 Å². The molecule has 0 heterocycles. The molecule has 0 aliphatic rings. The van der Waals surface area contributed by atoms with Crippen LogP contribution in [0.1, 0.15) is 5.56 Å². The van der Waals surface area contributed by atoms with Crippen molar-refractivity contribution in [1.82, 2.24) is 0 Å². The van der Waals surface area contributed by atoms with Crippen molar-refractivity contribution in [2.24, 2.45) is 0 Å². The highest BCUT2D eigenvalue weighted by molar-refractivity contribution is 7.86. The zero-order valence-electron chi connectivity index (χ0n) is 7.62. The smallest absolute Gasteiger partial charge is 0.281 e. The molecule has 1 aromatic rings. The fourth-order valence-corrected chi connectivity index (χ4v) is 1.34. The lowest BCUT2D eigenvalue weighted by Crippen LogP contribution is -2.31. The average molecular weight is 258 g/mol. The third kappa shape index (κ3) is 2.50. The van der Waals surface area contributed by atoms with Crippen LogP contribution in [0.5, 0.6) is 0 Å². The minimum Gasteiger partial charge on any atom is -0.281 e. The zero-order valence-corrected chi connectivity index (χ0v) is 8.44. The molecule has 16 heavy (non-hydrogen) atoms. The highest BCUT2D eigenvalue weighted by atomic mass is 32.2. The van der Waals surface area contributed by atoms with Crippen molar-refractivity contribution in [3.05, 3.63) is 35.4 Å². The largest absolute Gasteiger partial charge is 0.374 e. The van der Waals surface area contributed by atoms with Crippen molar-refractivity contribution in [1.29, 1.82) is 0 Å². The maximum atomic E-state index is 12.9. The number of benzene rings is 1. The Kier molecular flexibility index (Phi) is 3.25. The SMILES string of the molecule is O=S(=O)(O)C(F)(F)Cc1cccc(F)c1F. The molecule has 0 aliphatic heterocycles. The summed E-state index contributed by atoms with van der Waals surface area (Å²) in [6.45, 7) is 0. The Labute approximate surface area is 88.5 Å². The molecule has 1 aromatic carbocycles. The summed E-state index contributed by atoms with van der Waals surface area (Å²) in [5, 5.41) is -4.55. The Morgan fingerprint density at radius 1 is 1.25 bits per heavy atom. The van der Waals surface area contributed by atoms with Gasteiger partial charge in [-0.1, -0.05) is 12.1 Å². The van der Waals surface area contributed by atoms with Crippen molar-refractivity contribution in [2.45, 2.75) is 11.7 Å². The number of hydrogen-bond acceptors (Lipinski definition) is 2. The molecule has 90 valence electrons. The fraction of sp³-hybridized carbons (Fsp3) is 0.250. The molecule has 0 aromatic heterocycles. The van der Waals surface area contributed by atoms with E-state index < -0.39 is 39.0 Å². The van der Waals surface area contributed by atoms with Crippen LogP contribution in [0.15, 0.2) is 18.2 Å². The van der Waals surface area contributed by atoms with Crippen LogP contribution in [0.2, 0.25) is 0 Å². The van der Waals surface area contributed by atoms with Crippen LogP contribution in [0.3, 0.4) is 0 Å². The summed E-state index contributed by atoms with van der Waals surface area (Å²) in [4.78, 5) is 0. The standard InChI is InChI=1S/C8H6F4O3S/c9-6-3-1-2-5(7(6)10)4-8(11,12)16(13,14)15/h1-3H,4H2,(H,13,14,15). The molecular formula is C8H6F4O3S. The fourth-order valence-electron chi connectivity index (χ4n) is 0.998. The quantitative estimate of drug-likeness (QED) is 0.666. The topological polar surface area (TPSA) is 54.4 Å². The third-order valence-electron chi connectivity index (χ3n) is 1.81. The van der Waals surface area contributed by atoms with Gasteiger partial charge in [-0.2, -0.15) is 17.2 Å². The van der Waals surface area contributed by atoms with Crippen LogP contribution in [-0.4, -0.2) is 18.2 Å². The maximum absolute atomic E-state index is 12.9. The van der Waals surface area contributed by atoms with Crippen molar-refractivity contribution in [3.63, 3.8) is 0 Å². The molecule has 3 nitrogen and oxygen atoms in total. The van der Waals surface area contributed by atoms with Gasteiger partial charge in [-0.15, -0.1) is 0 Å². The van der Waals surface area contributed by atoms with E-state index in [1.54, 1.807) is 0 Å². The van der Waals surface area contributed by atoms with Gasteiger partial charge in [0, 0.05) is 0 Å². The van der Waals surface area contributed by atoms with Crippen LogP contribution < -0.4 is 0 Å². The molecule has 0 amide bonds. The highest BCUT2D eigenvalue weighted by Gasteiger charge is 2.44. The van der Waals surface area contributed by atoms with Gasteiger partial charge in [-0.05, 0) is 11.6 Å². The Morgan fingerprint density at radius 3 is 2.31 bits per heavy atom. The van der Waals surface area contributed by atoms with E-state index >= 15 is 0 Å². The van der Waals surface area contributed by atoms with Gasteiger partial charge >= 0.3 is 15.4 Å². The minimum absolute atomic E-state index is 0.699. The van der Waals surface area contributed by atoms with Crippen molar-refractivity contribution >= 4 is 10.1 Å². The number of rotatable bonds is 3. The molecule has 0 radical (unpaired) electrons. The van der Waals surface area contributed by atoms with Gasteiger partial charge in [0.1, 0.15) is 0 Å². The van der Waals surface area contributed by atoms with Gasteiger partial charge in [0.15, 0.2) is 11.6 Å². The second-order valence-corrected chi connectivity index (χ2v) is 4.55. The average Bonchev–Trinajstić information content (AvgIpc) is 2.11. The van der Waals surface area contributed by atoms with Crippen LogP contribution in [0, 0.1) is 11.6 Å². The molecule has 8 heteroatoms. The first-order valence-electron chi connectivity index (χ1n) is 3.93. The third-order valence-corrected chi connectivity index (χ3v) is 2.70. The molecule has 0 bridgehead atoms. The predicted octanol–water partition coefficient (Wildman–Crippen LogP) is 1.99. The van der Waals surface area contributed by atoms with Gasteiger partial charge in [0.2, 0.25) is 0 Å².